The van der Waals surface area contributed by atoms with Gasteiger partial charge in [0.1, 0.15) is 5.75 Å². The Morgan fingerprint density at radius 3 is 2.38 bits per heavy atom. The molecule has 0 aliphatic carbocycles. The van der Waals surface area contributed by atoms with Crippen molar-refractivity contribution in [1.82, 2.24) is 4.90 Å². The van der Waals surface area contributed by atoms with Crippen LogP contribution < -0.4 is 4.18 Å². The lowest BCUT2D eigenvalue weighted by atomic mass is 10.1. The van der Waals surface area contributed by atoms with E-state index in [4.69, 9.17) is 15.8 Å². The molecular weight excluding hydrogens is 350 g/mol. The molecular formula is C17H26ClNO4S. The minimum atomic E-state index is -3.65. The first-order valence-corrected chi connectivity index (χ1v) is 10.1. The Morgan fingerprint density at radius 2 is 1.88 bits per heavy atom. The molecule has 1 aromatic carbocycles. The summed E-state index contributed by atoms with van der Waals surface area (Å²) in [5, 5.41) is 0.465. The molecule has 24 heavy (non-hydrogen) atoms. The van der Waals surface area contributed by atoms with Crippen LogP contribution in [0.2, 0.25) is 5.02 Å². The lowest BCUT2D eigenvalue weighted by Gasteiger charge is -2.31. The number of carbonyl (C=O) groups is 1. The monoisotopic (exact) mass is 375 g/mol. The van der Waals surface area contributed by atoms with E-state index in [1.54, 1.807) is 17.0 Å². The molecule has 0 saturated heterocycles. The van der Waals surface area contributed by atoms with Gasteiger partial charge in [0.05, 0.1) is 5.75 Å². The van der Waals surface area contributed by atoms with Crippen molar-refractivity contribution in [2.24, 2.45) is 5.92 Å². The van der Waals surface area contributed by atoms with E-state index in [1.807, 2.05) is 27.7 Å². The number of amides is 1. The van der Waals surface area contributed by atoms with Gasteiger partial charge in [-0.25, -0.2) is 0 Å². The molecule has 0 unspecified atom stereocenters. The number of rotatable bonds is 8. The van der Waals surface area contributed by atoms with E-state index >= 15 is 0 Å². The second kappa shape index (κ2) is 8.72. The molecule has 0 aliphatic rings. The highest BCUT2D eigenvalue weighted by Crippen LogP contribution is 2.27. The molecule has 0 bridgehead atoms. The van der Waals surface area contributed by atoms with E-state index in [2.05, 4.69) is 0 Å². The summed E-state index contributed by atoms with van der Waals surface area (Å²) < 4.78 is 28.7. The summed E-state index contributed by atoms with van der Waals surface area (Å²) in [6.07, 6.45) is 0.794. The van der Waals surface area contributed by atoms with Crippen LogP contribution in [0.3, 0.4) is 0 Å². The summed E-state index contributed by atoms with van der Waals surface area (Å²) in [5.74, 6) is -0.0589. The molecule has 1 amide bonds. The zero-order valence-corrected chi connectivity index (χ0v) is 16.4. The molecule has 1 aromatic rings. The standard InChI is InChI=1S/C17H26ClNO4S/c1-6-13(5)19(17(20)12(3)4)11-14-10-15(18)8-9-16(14)23-24(21,22)7-2/h8-10,12-13H,6-7,11H2,1-5H3/t13-/m1/s1. The van der Waals surface area contributed by atoms with E-state index in [0.717, 1.165) is 6.42 Å². The smallest absolute Gasteiger partial charge is 0.308 e. The van der Waals surface area contributed by atoms with Crippen LogP contribution in [-0.2, 0) is 21.5 Å². The fourth-order valence-electron chi connectivity index (χ4n) is 2.14. The van der Waals surface area contributed by atoms with Gasteiger partial charge in [0.15, 0.2) is 0 Å². The van der Waals surface area contributed by atoms with Gasteiger partial charge in [0.2, 0.25) is 5.91 Å². The molecule has 0 spiro atoms. The van der Waals surface area contributed by atoms with Gasteiger partial charge in [-0.15, -0.1) is 0 Å². The quantitative estimate of drug-likeness (QED) is 0.647. The van der Waals surface area contributed by atoms with Crippen molar-refractivity contribution in [1.29, 1.82) is 0 Å². The van der Waals surface area contributed by atoms with Crippen LogP contribution in [0.15, 0.2) is 18.2 Å². The lowest BCUT2D eigenvalue weighted by molar-refractivity contribution is -0.137. The summed E-state index contributed by atoms with van der Waals surface area (Å²) in [7, 11) is -3.65. The average Bonchev–Trinajstić information content (AvgIpc) is 2.53. The van der Waals surface area contributed by atoms with E-state index < -0.39 is 10.1 Å². The molecule has 5 nitrogen and oxygen atoms in total. The number of carbonyl (C=O) groups excluding carboxylic acids is 1. The summed E-state index contributed by atoms with van der Waals surface area (Å²) in [6.45, 7) is 9.42. The Labute approximate surface area is 150 Å². The van der Waals surface area contributed by atoms with Crippen molar-refractivity contribution in [3.05, 3.63) is 28.8 Å². The molecule has 0 heterocycles. The molecule has 136 valence electrons. The maximum absolute atomic E-state index is 12.5. The van der Waals surface area contributed by atoms with Crippen LogP contribution in [0.25, 0.3) is 0 Å². The predicted molar refractivity (Wildman–Crippen MR) is 96.7 cm³/mol. The van der Waals surface area contributed by atoms with Crippen molar-refractivity contribution in [3.63, 3.8) is 0 Å². The second-order valence-corrected chi connectivity index (χ2v) is 8.36. The molecule has 0 fully saturated rings. The molecule has 1 atom stereocenters. The van der Waals surface area contributed by atoms with Crippen LogP contribution in [0, 0.1) is 5.92 Å². The summed E-state index contributed by atoms with van der Waals surface area (Å²) in [5.41, 5.74) is 0.578. The summed E-state index contributed by atoms with van der Waals surface area (Å²) in [4.78, 5) is 14.3. The Balaban J connectivity index is 3.22. The van der Waals surface area contributed by atoms with Gasteiger partial charge < -0.3 is 9.08 Å². The van der Waals surface area contributed by atoms with E-state index in [0.29, 0.717) is 10.6 Å². The fraction of sp³-hybridized carbons (Fsp3) is 0.588. The van der Waals surface area contributed by atoms with Gasteiger partial charge in [-0.2, -0.15) is 8.42 Å². The minimum Gasteiger partial charge on any atom is -0.382 e. The van der Waals surface area contributed by atoms with Crippen molar-refractivity contribution in [2.45, 2.75) is 53.6 Å². The van der Waals surface area contributed by atoms with Crippen LogP contribution in [0.1, 0.15) is 46.6 Å². The van der Waals surface area contributed by atoms with Crippen LogP contribution in [0.4, 0.5) is 0 Å². The van der Waals surface area contributed by atoms with Crippen molar-refractivity contribution >= 4 is 27.6 Å². The largest absolute Gasteiger partial charge is 0.382 e. The number of benzene rings is 1. The first-order chi connectivity index (χ1) is 11.1. The molecule has 0 aliphatic heterocycles. The van der Waals surface area contributed by atoms with Gasteiger partial charge in [-0.3, -0.25) is 4.79 Å². The first-order valence-electron chi connectivity index (χ1n) is 8.12. The van der Waals surface area contributed by atoms with Crippen molar-refractivity contribution < 1.29 is 17.4 Å². The highest BCUT2D eigenvalue weighted by Gasteiger charge is 2.24. The molecule has 7 heteroatoms. The lowest BCUT2D eigenvalue weighted by Crippen LogP contribution is -2.40. The molecule has 0 saturated carbocycles. The number of halogens is 1. The molecule has 0 aromatic heterocycles. The Bertz CT molecular complexity index is 673. The molecule has 0 radical (unpaired) electrons. The summed E-state index contributed by atoms with van der Waals surface area (Å²) >= 11 is 6.05. The average molecular weight is 376 g/mol. The van der Waals surface area contributed by atoms with Gasteiger partial charge >= 0.3 is 10.1 Å². The van der Waals surface area contributed by atoms with E-state index in [-0.39, 0.29) is 35.9 Å². The Kier molecular flexibility index (Phi) is 7.55. The van der Waals surface area contributed by atoms with Crippen molar-refractivity contribution in [2.75, 3.05) is 5.75 Å². The molecule has 0 N–H and O–H groups in total. The fourth-order valence-corrected chi connectivity index (χ4v) is 2.88. The van der Waals surface area contributed by atoms with Crippen LogP contribution in [-0.4, -0.2) is 31.0 Å². The second-order valence-electron chi connectivity index (χ2n) is 6.06. The first kappa shape index (κ1) is 20.8. The van der Waals surface area contributed by atoms with Crippen LogP contribution in [0.5, 0.6) is 5.75 Å². The third kappa shape index (κ3) is 5.67. The maximum Gasteiger partial charge on any atom is 0.308 e. The van der Waals surface area contributed by atoms with Gasteiger partial charge in [0, 0.05) is 29.1 Å². The Morgan fingerprint density at radius 1 is 1.25 bits per heavy atom. The molecule has 1 rings (SSSR count). The third-order valence-electron chi connectivity index (χ3n) is 3.83. The van der Waals surface area contributed by atoms with Gasteiger partial charge in [-0.1, -0.05) is 32.4 Å². The maximum atomic E-state index is 12.5. The zero-order chi connectivity index (χ0) is 18.5. The SMILES string of the molecule is CC[C@@H](C)N(Cc1cc(Cl)ccc1OS(=O)(=O)CC)C(=O)C(C)C. The van der Waals surface area contributed by atoms with Gasteiger partial charge in [-0.05, 0) is 38.5 Å². The van der Waals surface area contributed by atoms with Gasteiger partial charge in [0.25, 0.3) is 0 Å². The summed E-state index contributed by atoms with van der Waals surface area (Å²) in [6, 6.07) is 4.77. The highest BCUT2D eigenvalue weighted by molar-refractivity contribution is 7.87. The number of hydrogen-bond acceptors (Lipinski definition) is 4. The topological polar surface area (TPSA) is 63.7 Å². The van der Waals surface area contributed by atoms with E-state index in [9.17, 15) is 13.2 Å². The van der Waals surface area contributed by atoms with Crippen LogP contribution >= 0.6 is 11.6 Å². The Hall–Kier alpha value is -1.27. The minimum absolute atomic E-state index is 0.00799. The normalized spacial score (nSPS) is 13.0. The van der Waals surface area contributed by atoms with Crippen molar-refractivity contribution in [3.8, 4) is 5.75 Å². The predicted octanol–water partition coefficient (Wildman–Crippen LogP) is 3.85. The number of nitrogens with zero attached hydrogens (tertiary/aromatic N) is 1. The highest BCUT2D eigenvalue weighted by atomic mass is 35.5. The van der Waals surface area contributed by atoms with E-state index in [1.165, 1.54) is 13.0 Å². The zero-order valence-electron chi connectivity index (χ0n) is 14.9. The number of hydrogen-bond donors (Lipinski definition) is 0. The third-order valence-corrected chi connectivity index (χ3v) is 5.21.